The molecule has 324 valence electrons. The predicted molar refractivity (Wildman–Crippen MR) is 252 cm³/mol. The second kappa shape index (κ2) is 18.7. The van der Waals surface area contributed by atoms with E-state index < -0.39 is 0 Å². The lowest BCUT2D eigenvalue weighted by Gasteiger charge is -2.28. The number of anilines is 2. The number of halogens is 4. The molecule has 8 heterocycles. The van der Waals surface area contributed by atoms with Crippen molar-refractivity contribution >= 4 is 69.6 Å². The zero-order valence-electron chi connectivity index (χ0n) is 34.5. The van der Waals surface area contributed by atoms with Crippen molar-refractivity contribution in [3.05, 3.63) is 118 Å². The van der Waals surface area contributed by atoms with Crippen LogP contribution in [0.2, 0.25) is 20.1 Å². The molecule has 2 aromatic carbocycles. The highest BCUT2D eigenvalue weighted by Gasteiger charge is 2.32. The van der Waals surface area contributed by atoms with Crippen LogP contribution in [0.4, 0.5) is 11.9 Å². The van der Waals surface area contributed by atoms with E-state index in [0.29, 0.717) is 43.8 Å². The van der Waals surface area contributed by atoms with Gasteiger partial charge in [-0.15, -0.1) is 0 Å². The Morgan fingerprint density at radius 2 is 1.10 bits per heavy atom. The minimum absolute atomic E-state index is 0. The van der Waals surface area contributed by atoms with Crippen LogP contribution < -0.4 is 15.1 Å². The van der Waals surface area contributed by atoms with Gasteiger partial charge in [0.25, 0.3) is 0 Å². The second-order valence-corrected chi connectivity index (χ2v) is 17.3. The first-order valence-electron chi connectivity index (χ1n) is 20.8. The quantitative estimate of drug-likeness (QED) is 0.135. The highest BCUT2D eigenvalue weighted by atomic mass is 35.5. The molecule has 18 heteroatoms. The first kappa shape index (κ1) is 42.8. The summed E-state index contributed by atoms with van der Waals surface area (Å²) in [5.41, 5.74) is 8.19. The van der Waals surface area contributed by atoms with Gasteiger partial charge in [-0.2, -0.15) is 19.2 Å². The highest BCUT2D eigenvalue weighted by Crippen LogP contribution is 2.41. The normalized spacial score (nSPS) is 16.4. The molecule has 2 N–H and O–H groups in total. The maximum atomic E-state index is 9.85. The van der Waals surface area contributed by atoms with Crippen LogP contribution in [0, 0.1) is 0 Å². The maximum Gasteiger partial charge on any atom is 0.229 e. The summed E-state index contributed by atoms with van der Waals surface area (Å²) in [6.45, 7) is 7.02. The first-order chi connectivity index (χ1) is 30.7. The Morgan fingerprint density at radius 1 is 0.635 bits per heavy atom. The molecule has 2 aliphatic rings. The van der Waals surface area contributed by atoms with Crippen molar-refractivity contribution in [1.82, 2.24) is 54.4 Å². The molecule has 14 nitrogen and oxygen atoms in total. The second-order valence-electron chi connectivity index (χ2n) is 15.7. The van der Waals surface area contributed by atoms with Gasteiger partial charge >= 0.3 is 0 Å². The van der Waals surface area contributed by atoms with E-state index in [0.717, 1.165) is 102 Å². The average molecular weight is 927 g/mol. The molecule has 0 saturated carbocycles. The predicted octanol–water partition coefficient (Wildman–Crippen LogP) is 9.49. The van der Waals surface area contributed by atoms with E-state index in [2.05, 4.69) is 59.1 Å². The minimum Gasteiger partial charge on any atom is -0.394 e. The van der Waals surface area contributed by atoms with Gasteiger partial charge in [-0.05, 0) is 85.3 Å². The molecule has 2 saturated heterocycles. The highest BCUT2D eigenvalue weighted by molar-refractivity contribution is 6.42. The molecule has 6 aromatic heterocycles. The topological polar surface area (TPSA) is 151 Å². The van der Waals surface area contributed by atoms with Gasteiger partial charge in [0.05, 0.1) is 55.3 Å². The van der Waals surface area contributed by atoms with Crippen molar-refractivity contribution in [2.75, 3.05) is 36.0 Å². The first-order valence-corrected chi connectivity index (χ1v) is 22.3. The van der Waals surface area contributed by atoms with Crippen molar-refractivity contribution in [2.24, 2.45) is 0 Å². The maximum absolute atomic E-state index is 9.85. The van der Waals surface area contributed by atoms with Crippen molar-refractivity contribution in [2.45, 2.75) is 57.7 Å². The summed E-state index contributed by atoms with van der Waals surface area (Å²) in [7, 11) is 0. The van der Waals surface area contributed by atoms with Crippen LogP contribution in [0.5, 0.6) is 0 Å². The number of aliphatic hydroxyl groups is 1. The van der Waals surface area contributed by atoms with Gasteiger partial charge in [0.2, 0.25) is 11.9 Å². The number of nitrogens with zero attached hydrogens (tertiary/aromatic N) is 12. The van der Waals surface area contributed by atoms with Crippen LogP contribution in [0.1, 0.15) is 41.0 Å². The monoisotopic (exact) mass is 924 g/mol. The molecule has 10 rings (SSSR count). The zero-order valence-corrected chi connectivity index (χ0v) is 37.5. The zero-order chi connectivity index (χ0) is 43.6. The summed E-state index contributed by atoms with van der Waals surface area (Å²) < 4.78 is 3.58. The van der Waals surface area contributed by atoms with Crippen LogP contribution in [0.3, 0.4) is 0 Å². The summed E-state index contributed by atoms with van der Waals surface area (Å²) in [4.78, 5) is 32.2. The fourth-order valence-electron chi connectivity index (χ4n) is 8.35. The van der Waals surface area contributed by atoms with E-state index in [9.17, 15) is 5.11 Å². The van der Waals surface area contributed by atoms with E-state index in [-0.39, 0.29) is 14.1 Å². The Bertz CT molecular complexity index is 2880. The standard InChI is InChI=1S/C24H25Cl2N7.C21H18Cl2N6O.H2/c1-15(2)28-13-18-4-3-11-32(18)24-31-22(16-7-9-27-10-8-16)21(23-29-14-30-33(23)24)17-5-6-19(25)20(26)12-17;22-16-4-3-14(10-17(16)23)18-19(13-5-7-24-8-6-13)27-21(29-20(18)25-12-26-29)28-9-1-2-15(28)11-30;/h5-10,12,14-15,18,28H,3-4,11,13H2,1-2H3;3-8,10,12,15,30H,1-2,9,11H2;1H/t18-;15-;/m11./s1/i;;1+1. The van der Waals surface area contributed by atoms with Crippen molar-refractivity contribution < 1.29 is 6.53 Å². The Hall–Kier alpha value is -5.48. The largest absolute Gasteiger partial charge is 0.394 e. The van der Waals surface area contributed by atoms with E-state index in [1.54, 1.807) is 47.8 Å². The molecule has 2 aliphatic heterocycles. The summed E-state index contributed by atoms with van der Waals surface area (Å²) in [6, 6.07) is 19.6. The lowest BCUT2D eigenvalue weighted by Crippen LogP contribution is -2.41. The van der Waals surface area contributed by atoms with Gasteiger partial charge < -0.3 is 20.2 Å². The molecular weight excluding hydrogens is 880 g/mol. The fourth-order valence-corrected chi connectivity index (χ4v) is 8.95. The number of aliphatic hydroxyl groups excluding tert-OH is 1. The molecule has 0 bridgehead atoms. The number of benzene rings is 2. The number of rotatable bonds is 10. The Labute approximate surface area is 385 Å². The number of hydrogen-bond acceptors (Lipinski definition) is 12. The molecule has 2 fully saturated rings. The molecule has 63 heavy (non-hydrogen) atoms. The third-order valence-electron chi connectivity index (χ3n) is 11.4. The molecule has 0 amide bonds. The molecule has 8 aromatic rings. The van der Waals surface area contributed by atoms with Crippen LogP contribution >= 0.6 is 46.4 Å². The summed E-state index contributed by atoms with van der Waals surface area (Å²) in [5, 5.41) is 24.3. The van der Waals surface area contributed by atoms with Gasteiger partial charge in [-0.3, -0.25) is 9.97 Å². The van der Waals surface area contributed by atoms with Crippen LogP contribution in [0.15, 0.2) is 98.1 Å². The molecule has 0 spiro atoms. The van der Waals surface area contributed by atoms with E-state index in [1.165, 1.54) is 6.33 Å². The third kappa shape index (κ3) is 8.63. The SMILES string of the molecule is CC(C)NC[C@H]1CCCN1c1nc(-c2ccncc2)c(-c2ccc(Cl)c(Cl)c2)c2ncnn12.OC[C@H]1CCCN1c1nc(-c2ccncc2)c(-c2ccc(Cl)c(Cl)c2)c2ncnn12.[2HH]. The third-order valence-corrected chi connectivity index (χ3v) is 12.9. The lowest BCUT2D eigenvalue weighted by molar-refractivity contribution is 0.265. The van der Waals surface area contributed by atoms with Gasteiger partial charge in [0.15, 0.2) is 11.3 Å². The number of pyridine rings is 2. The molecule has 0 unspecified atom stereocenters. The summed E-state index contributed by atoms with van der Waals surface area (Å²) in [5.74, 6) is 1.46. The van der Waals surface area contributed by atoms with Gasteiger partial charge in [0, 0.05) is 69.1 Å². The Balaban J connectivity index is 0.000000173. The Morgan fingerprint density at radius 3 is 1.54 bits per heavy atom. The summed E-state index contributed by atoms with van der Waals surface area (Å²) >= 11 is 25.0. The molecule has 0 radical (unpaired) electrons. The smallest absolute Gasteiger partial charge is 0.229 e. The number of hydrogen-bond donors (Lipinski definition) is 2. The lowest BCUT2D eigenvalue weighted by atomic mass is 10.0. The number of aromatic nitrogens is 10. The van der Waals surface area contributed by atoms with E-state index >= 15 is 0 Å². The van der Waals surface area contributed by atoms with Crippen molar-refractivity contribution in [3.8, 4) is 44.8 Å². The van der Waals surface area contributed by atoms with Gasteiger partial charge in [0.1, 0.15) is 12.7 Å². The molecular formula is C45H45Cl4N13O. The van der Waals surface area contributed by atoms with Gasteiger partial charge in [-0.25, -0.2) is 19.9 Å². The van der Waals surface area contributed by atoms with Gasteiger partial charge in [-0.1, -0.05) is 72.4 Å². The van der Waals surface area contributed by atoms with E-state index in [1.807, 2.05) is 53.0 Å². The fraction of sp³-hybridized carbons (Fsp3) is 0.289. The summed E-state index contributed by atoms with van der Waals surface area (Å²) in [6.07, 6.45) is 14.2. The molecule has 2 atom stereocenters. The number of nitrogens with one attached hydrogen (secondary N) is 1. The minimum atomic E-state index is 0. The van der Waals surface area contributed by atoms with E-state index in [4.69, 9.17) is 56.4 Å². The van der Waals surface area contributed by atoms with Crippen LogP contribution in [-0.4, -0.2) is 98.6 Å². The van der Waals surface area contributed by atoms with Crippen LogP contribution in [-0.2, 0) is 0 Å². The average Bonchev–Trinajstić information content (AvgIpc) is 4.15. The molecule has 0 aliphatic carbocycles. The van der Waals surface area contributed by atoms with Crippen molar-refractivity contribution in [3.63, 3.8) is 0 Å². The van der Waals surface area contributed by atoms with Crippen LogP contribution in [0.25, 0.3) is 56.1 Å². The number of fused-ring (bicyclic) bond motifs is 2. The van der Waals surface area contributed by atoms with Crippen molar-refractivity contribution in [1.29, 1.82) is 0 Å². The Kier molecular flexibility index (Phi) is 12.7.